The van der Waals surface area contributed by atoms with Crippen LogP contribution in [0.15, 0.2) is 48.5 Å². The normalized spacial score (nSPS) is 15.1. The largest absolute Gasteiger partial charge is 0.497 e. The summed E-state index contributed by atoms with van der Waals surface area (Å²) in [6.45, 7) is 8.42. The molecule has 0 spiro atoms. The van der Waals surface area contributed by atoms with Crippen molar-refractivity contribution in [2.45, 2.75) is 65.0 Å². The van der Waals surface area contributed by atoms with Crippen LogP contribution in [0, 0.1) is 6.92 Å². The lowest BCUT2D eigenvalue weighted by Crippen LogP contribution is -2.47. The average Bonchev–Trinajstić information content (AvgIpc) is 2.80. The number of hydrogen-bond acceptors (Lipinski definition) is 3. The highest BCUT2D eigenvalue weighted by Crippen LogP contribution is 2.22. The molecule has 0 N–H and O–H groups in total. The maximum absolute atomic E-state index is 13.4. The number of piperidine rings is 1. The van der Waals surface area contributed by atoms with Crippen molar-refractivity contribution in [1.82, 2.24) is 9.80 Å². The van der Waals surface area contributed by atoms with Gasteiger partial charge in [-0.05, 0) is 56.0 Å². The smallest absolute Gasteiger partial charge is 0.227 e. The van der Waals surface area contributed by atoms with Gasteiger partial charge in [-0.3, -0.25) is 4.79 Å². The summed E-state index contributed by atoms with van der Waals surface area (Å²) in [6, 6.07) is 16.8. The molecule has 0 aliphatic carbocycles. The molecule has 4 heteroatoms. The summed E-state index contributed by atoms with van der Waals surface area (Å²) in [7, 11) is 1.66. The van der Waals surface area contributed by atoms with E-state index in [2.05, 4.69) is 47.9 Å². The highest BCUT2D eigenvalue weighted by molar-refractivity contribution is 5.79. The molecule has 1 fully saturated rings. The molecule has 1 saturated heterocycles. The minimum absolute atomic E-state index is 0.218. The van der Waals surface area contributed by atoms with E-state index in [1.165, 1.54) is 36.9 Å². The van der Waals surface area contributed by atoms with Gasteiger partial charge in [0.1, 0.15) is 5.75 Å². The van der Waals surface area contributed by atoms with Crippen LogP contribution in [-0.2, 0) is 17.8 Å². The summed E-state index contributed by atoms with van der Waals surface area (Å²) >= 11 is 0. The predicted molar refractivity (Wildman–Crippen MR) is 127 cm³/mol. The minimum atomic E-state index is 0.218. The molecular formula is C27H38N2O2. The van der Waals surface area contributed by atoms with Crippen LogP contribution in [0.5, 0.6) is 5.75 Å². The van der Waals surface area contributed by atoms with E-state index >= 15 is 0 Å². The fourth-order valence-corrected chi connectivity index (χ4v) is 4.37. The Labute approximate surface area is 188 Å². The zero-order valence-corrected chi connectivity index (χ0v) is 19.5. The van der Waals surface area contributed by atoms with Crippen LogP contribution in [-0.4, -0.2) is 48.5 Å². The standard InChI is InChI=1S/C27H38N2O2/c1-4-5-6-17-28-18-15-25(16-19-28)29(21-24-9-7-22(2)8-10-24)27(30)20-23-11-13-26(31-3)14-12-23/h7-14,25H,4-6,15-21H2,1-3H3. The summed E-state index contributed by atoms with van der Waals surface area (Å²) in [5.74, 6) is 1.04. The molecule has 0 bridgehead atoms. The molecule has 0 atom stereocenters. The lowest BCUT2D eigenvalue weighted by molar-refractivity contribution is -0.134. The Morgan fingerprint density at radius 2 is 1.65 bits per heavy atom. The minimum Gasteiger partial charge on any atom is -0.497 e. The molecular weight excluding hydrogens is 384 g/mol. The molecule has 1 aliphatic rings. The zero-order valence-electron chi connectivity index (χ0n) is 19.5. The topological polar surface area (TPSA) is 32.8 Å². The molecule has 168 valence electrons. The monoisotopic (exact) mass is 422 g/mol. The molecule has 3 rings (SSSR count). The second-order valence-corrected chi connectivity index (χ2v) is 8.81. The van der Waals surface area contributed by atoms with Crippen LogP contribution in [0.4, 0.5) is 0 Å². The number of unbranched alkanes of at least 4 members (excludes halogenated alkanes) is 2. The number of carbonyl (C=O) groups is 1. The van der Waals surface area contributed by atoms with Crippen molar-refractivity contribution in [2.24, 2.45) is 0 Å². The van der Waals surface area contributed by atoms with E-state index in [0.717, 1.165) is 37.2 Å². The van der Waals surface area contributed by atoms with Gasteiger partial charge in [-0.1, -0.05) is 61.7 Å². The van der Waals surface area contributed by atoms with Gasteiger partial charge in [-0.15, -0.1) is 0 Å². The number of likely N-dealkylation sites (tertiary alicyclic amines) is 1. The van der Waals surface area contributed by atoms with Gasteiger partial charge in [0.15, 0.2) is 0 Å². The average molecular weight is 423 g/mol. The number of hydrogen-bond donors (Lipinski definition) is 0. The number of benzene rings is 2. The maximum Gasteiger partial charge on any atom is 0.227 e. The molecule has 0 unspecified atom stereocenters. The number of amides is 1. The van der Waals surface area contributed by atoms with Crippen LogP contribution < -0.4 is 4.74 Å². The molecule has 31 heavy (non-hydrogen) atoms. The fourth-order valence-electron chi connectivity index (χ4n) is 4.37. The number of methoxy groups -OCH3 is 1. The summed E-state index contributed by atoms with van der Waals surface area (Å²) in [4.78, 5) is 18.1. The number of carbonyl (C=O) groups excluding carboxylic acids is 1. The summed E-state index contributed by atoms with van der Waals surface area (Å²) < 4.78 is 5.25. The quantitative estimate of drug-likeness (QED) is 0.492. The number of ether oxygens (including phenoxy) is 1. The van der Waals surface area contributed by atoms with Crippen LogP contribution in [0.25, 0.3) is 0 Å². The number of rotatable bonds is 10. The van der Waals surface area contributed by atoms with Gasteiger partial charge in [0.25, 0.3) is 0 Å². The summed E-state index contributed by atoms with van der Waals surface area (Å²) in [5, 5.41) is 0. The SMILES string of the molecule is CCCCCN1CCC(N(Cc2ccc(C)cc2)C(=O)Cc2ccc(OC)cc2)CC1. The first-order chi connectivity index (χ1) is 15.1. The van der Waals surface area contributed by atoms with Crippen molar-refractivity contribution in [2.75, 3.05) is 26.7 Å². The van der Waals surface area contributed by atoms with Gasteiger partial charge in [-0.25, -0.2) is 0 Å². The molecule has 0 saturated carbocycles. The van der Waals surface area contributed by atoms with Gasteiger partial charge in [0.05, 0.1) is 13.5 Å². The number of nitrogens with zero attached hydrogens (tertiary/aromatic N) is 2. The molecule has 2 aromatic carbocycles. The van der Waals surface area contributed by atoms with Crippen LogP contribution in [0.3, 0.4) is 0 Å². The molecule has 1 heterocycles. The Hall–Kier alpha value is -2.33. The summed E-state index contributed by atoms with van der Waals surface area (Å²) in [6.07, 6.45) is 6.41. The Balaban J connectivity index is 1.67. The lowest BCUT2D eigenvalue weighted by atomic mass is 10.00. The van der Waals surface area contributed by atoms with Crippen molar-refractivity contribution >= 4 is 5.91 Å². The van der Waals surface area contributed by atoms with E-state index in [0.29, 0.717) is 19.0 Å². The van der Waals surface area contributed by atoms with E-state index in [9.17, 15) is 4.79 Å². The number of aryl methyl sites for hydroxylation is 1. The van der Waals surface area contributed by atoms with Gasteiger partial charge >= 0.3 is 0 Å². The Morgan fingerprint density at radius 3 is 2.26 bits per heavy atom. The second kappa shape index (κ2) is 11.9. The Bertz CT molecular complexity index is 793. The van der Waals surface area contributed by atoms with Crippen molar-refractivity contribution in [3.63, 3.8) is 0 Å². The van der Waals surface area contributed by atoms with E-state index in [4.69, 9.17) is 4.74 Å². The lowest BCUT2D eigenvalue weighted by Gasteiger charge is -2.39. The van der Waals surface area contributed by atoms with Crippen LogP contribution >= 0.6 is 0 Å². The van der Waals surface area contributed by atoms with Crippen molar-refractivity contribution in [1.29, 1.82) is 0 Å². The third kappa shape index (κ3) is 7.10. The zero-order chi connectivity index (χ0) is 22.1. The molecule has 0 radical (unpaired) electrons. The first kappa shape index (κ1) is 23.3. The highest BCUT2D eigenvalue weighted by atomic mass is 16.5. The van der Waals surface area contributed by atoms with E-state index in [1.807, 2.05) is 24.3 Å². The van der Waals surface area contributed by atoms with Crippen LogP contribution in [0.1, 0.15) is 55.7 Å². The third-order valence-corrected chi connectivity index (χ3v) is 6.38. The first-order valence-corrected chi connectivity index (χ1v) is 11.8. The molecule has 0 aromatic heterocycles. The molecule has 1 aliphatic heterocycles. The predicted octanol–water partition coefficient (Wildman–Crippen LogP) is 5.23. The Morgan fingerprint density at radius 1 is 1.00 bits per heavy atom. The highest BCUT2D eigenvalue weighted by Gasteiger charge is 2.28. The Kier molecular flexibility index (Phi) is 8.96. The van der Waals surface area contributed by atoms with Crippen molar-refractivity contribution in [3.05, 3.63) is 65.2 Å². The van der Waals surface area contributed by atoms with Gasteiger partial charge in [0.2, 0.25) is 5.91 Å². The van der Waals surface area contributed by atoms with Crippen molar-refractivity contribution in [3.8, 4) is 5.75 Å². The first-order valence-electron chi connectivity index (χ1n) is 11.8. The van der Waals surface area contributed by atoms with E-state index in [1.54, 1.807) is 7.11 Å². The van der Waals surface area contributed by atoms with E-state index in [-0.39, 0.29) is 5.91 Å². The molecule has 2 aromatic rings. The van der Waals surface area contributed by atoms with Gasteiger partial charge in [-0.2, -0.15) is 0 Å². The summed E-state index contributed by atoms with van der Waals surface area (Å²) in [5.41, 5.74) is 3.50. The molecule has 1 amide bonds. The maximum atomic E-state index is 13.4. The van der Waals surface area contributed by atoms with E-state index < -0.39 is 0 Å². The molecule has 4 nitrogen and oxygen atoms in total. The second-order valence-electron chi connectivity index (χ2n) is 8.81. The third-order valence-electron chi connectivity index (χ3n) is 6.38. The van der Waals surface area contributed by atoms with Gasteiger partial charge in [0, 0.05) is 25.7 Å². The van der Waals surface area contributed by atoms with Crippen LogP contribution in [0.2, 0.25) is 0 Å². The van der Waals surface area contributed by atoms with Gasteiger partial charge < -0.3 is 14.5 Å². The van der Waals surface area contributed by atoms with Crippen molar-refractivity contribution < 1.29 is 9.53 Å². The fraction of sp³-hybridized carbons (Fsp3) is 0.519.